The molecule has 0 aliphatic heterocycles. The Balaban J connectivity index is 1.86. The first-order chi connectivity index (χ1) is 11.4. The summed E-state index contributed by atoms with van der Waals surface area (Å²) in [5.74, 6) is 0.747. The number of hydrogen-bond donors (Lipinski definition) is 0. The Morgan fingerprint density at radius 1 is 1.25 bits per heavy atom. The van der Waals surface area contributed by atoms with Crippen molar-refractivity contribution in [2.45, 2.75) is 30.8 Å². The van der Waals surface area contributed by atoms with Crippen molar-refractivity contribution in [3.8, 4) is 5.75 Å². The molecule has 6 heteroatoms. The Morgan fingerprint density at radius 2 is 1.96 bits per heavy atom. The van der Waals surface area contributed by atoms with Crippen LogP contribution in [0.3, 0.4) is 0 Å². The van der Waals surface area contributed by atoms with Crippen molar-refractivity contribution in [3.63, 3.8) is 0 Å². The molecule has 1 atom stereocenters. The Labute approximate surface area is 156 Å². The molecule has 3 rings (SSSR count). The van der Waals surface area contributed by atoms with Crippen LogP contribution in [0.4, 0.5) is 0 Å². The van der Waals surface area contributed by atoms with Crippen LogP contribution in [0.1, 0.15) is 23.8 Å². The van der Waals surface area contributed by atoms with E-state index in [0.29, 0.717) is 19.5 Å². The van der Waals surface area contributed by atoms with Gasteiger partial charge in [-0.2, -0.15) is 0 Å². The number of carbonyl (C=O) groups is 1. The van der Waals surface area contributed by atoms with E-state index in [9.17, 15) is 4.79 Å². The third kappa shape index (κ3) is 3.28. The molecule has 0 radical (unpaired) electrons. The normalized spacial score (nSPS) is 21.3. The number of ether oxygens (including phenoxy) is 1. The van der Waals surface area contributed by atoms with Gasteiger partial charge in [-0.25, -0.2) is 0 Å². The summed E-state index contributed by atoms with van der Waals surface area (Å²) in [5, 5.41) is 2.01. The van der Waals surface area contributed by atoms with Crippen molar-refractivity contribution in [2.24, 2.45) is 5.41 Å². The molecular formula is C18H19Cl2NO2S. The van der Waals surface area contributed by atoms with Gasteiger partial charge in [0.25, 0.3) is 0 Å². The highest BCUT2D eigenvalue weighted by Gasteiger charge is 2.68. The van der Waals surface area contributed by atoms with Gasteiger partial charge in [0.2, 0.25) is 5.91 Å². The highest BCUT2D eigenvalue weighted by atomic mass is 35.5. The molecule has 1 saturated carbocycles. The number of alkyl halides is 2. The number of para-hydroxylation sites is 1. The first-order valence-electron chi connectivity index (χ1n) is 7.69. The summed E-state index contributed by atoms with van der Waals surface area (Å²) in [7, 11) is 1.63. The van der Waals surface area contributed by atoms with Gasteiger partial charge in [-0.1, -0.05) is 24.3 Å². The van der Waals surface area contributed by atoms with Crippen molar-refractivity contribution >= 4 is 40.4 Å². The molecule has 0 N–H and O–H groups in total. The molecule has 1 aliphatic rings. The van der Waals surface area contributed by atoms with Crippen molar-refractivity contribution in [1.82, 2.24) is 4.90 Å². The van der Waals surface area contributed by atoms with Gasteiger partial charge >= 0.3 is 0 Å². The number of carbonyl (C=O) groups excluding carboxylic acids is 1. The van der Waals surface area contributed by atoms with Crippen LogP contribution in [0.2, 0.25) is 0 Å². The third-order valence-corrected chi connectivity index (χ3v) is 6.46. The second-order valence-electron chi connectivity index (χ2n) is 6.27. The van der Waals surface area contributed by atoms with Crippen LogP contribution in [0.5, 0.6) is 5.75 Å². The third-order valence-electron chi connectivity index (χ3n) is 4.50. The average Bonchev–Trinajstić information content (AvgIpc) is 2.93. The lowest BCUT2D eigenvalue weighted by Crippen LogP contribution is -2.37. The van der Waals surface area contributed by atoms with Crippen molar-refractivity contribution < 1.29 is 9.53 Å². The lowest BCUT2D eigenvalue weighted by atomic mass is 10.1. The van der Waals surface area contributed by atoms with Gasteiger partial charge < -0.3 is 9.64 Å². The number of amides is 1. The van der Waals surface area contributed by atoms with E-state index >= 15 is 0 Å². The minimum atomic E-state index is -0.974. The van der Waals surface area contributed by atoms with Crippen LogP contribution in [-0.4, -0.2) is 22.3 Å². The molecule has 1 aromatic heterocycles. The monoisotopic (exact) mass is 383 g/mol. The largest absolute Gasteiger partial charge is 0.496 e. The predicted octanol–water partition coefficient (Wildman–Crippen LogP) is 4.87. The standard InChI is InChI=1S/C18H19Cl2NO2S/c1-17(12-18(17,19)20)16(22)21(11-14-7-5-9-24-14)10-13-6-3-4-8-15(13)23-2/h3-9H,10-12H2,1-2H3. The number of methoxy groups -OCH3 is 1. The first kappa shape index (κ1) is 17.6. The van der Waals surface area contributed by atoms with Crippen molar-refractivity contribution in [3.05, 3.63) is 52.2 Å². The molecule has 3 nitrogen and oxygen atoms in total. The molecule has 0 bridgehead atoms. The molecule has 2 aromatic rings. The van der Waals surface area contributed by atoms with E-state index in [-0.39, 0.29) is 5.91 Å². The van der Waals surface area contributed by atoms with Crippen molar-refractivity contribution in [2.75, 3.05) is 7.11 Å². The second kappa shape index (κ2) is 6.58. The summed E-state index contributed by atoms with van der Waals surface area (Å²) in [6, 6.07) is 11.7. The smallest absolute Gasteiger partial charge is 0.232 e. The zero-order chi connectivity index (χ0) is 17.4. The summed E-state index contributed by atoms with van der Waals surface area (Å²) in [4.78, 5) is 16.0. The number of halogens is 2. The van der Waals surface area contributed by atoms with E-state index in [2.05, 4.69) is 0 Å². The maximum Gasteiger partial charge on any atom is 0.232 e. The van der Waals surface area contributed by atoms with E-state index in [1.807, 2.05) is 53.6 Å². The number of nitrogens with zero attached hydrogens (tertiary/aromatic N) is 1. The molecule has 1 fully saturated rings. The quantitative estimate of drug-likeness (QED) is 0.665. The molecule has 1 unspecified atom stereocenters. The molecule has 1 aliphatic carbocycles. The van der Waals surface area contributed by atoms with E-state index in [1.165, 1.54) is 0 Å². The lowest BCUT2D eigenvalue weighted by molar-refractivity contribution is -0.137. The number of hydrogen-bond acceptors (Lipinski definition) is 3. The zero-order valence-corrected chi connectivity index (χ0v) is 15.9. The van der Waals surface area contributed by atoms with Crippen LogP contribution in [-0.2, 0) is 17.9 Å². The minimum absolute atomic E-state index is 0.0215. The summed E-state index contributed by atoms with van der Waals surface area (Å²) < 4.78 is 4.44. The Kier molecular flexibility index (Phi) is 4.82. The van der Waals surface area contributed by atoms with Crippen LogP contribution >= 0.6 is 34.5 Å². The fraction of sp³-hybridized carbons (Fsp3) is 0.389. The van der Waals surface area contributed by atoms with Crippen LogP contribution in [0.25, 0.3) is 0 Å². The Morgan fingerprint density at radius 3 is 2.54 bits per heavy atom. The first-order valence-corrected chi connectivity index (χ1v) is 9.32. The number of thiophene rings is 1. The highest BCUT2D eigenvalue weighted by Crippen LogP contribution is 2.64. The van der Waals surface area contributed by atoms with Crippen LogP contribution in [0.15, 0.2) is 41.8 Å². The van der Waals surface area contributed by atoms with Crippen LogP contribution in [0, 0.1) is 5.41 Å². The predicted molar refractivity (Wildman–Crippen MR) is 98.7 cm³/mol. The Bertz CT molecular complexity index is 732. The number of benzene rings is 1. The highest BCUT2D eigenvalue weighted by molar-refractivity contribution is 7.09. The maximum absolute atomic E-state index is 13.1. The summed E-state index contributed by atoms with van der Waals surface area (Å²) in [5.41, 5.74) is 0.235. The van der Waals surface area contributed by atoms with E-state index in [1.54, 1.807) is 18.4 Å². The summed E-state index contributed by atoms with van der Waals surface area (Å²) >= 11 is 14.1. The maximum atomic E-state index is 13.1. The minimum Gasteiger partial charge on any atom is -0.496 e. The second-order valence-corrected chi connectivity index (χ2v) is 8.78. The molecule has 24 heavy (non-hydrogen) atoms. The number of rotatable bonds is 6. The van der Waals surface area contributed by atoms with E-state index in [4.69, 9.17) is 27.9 Å². The molecule has 1 aromatic carbocycles. The van der Waals surface area contributed by atoms with Gasteiger partial charge in [0.05, 0.1) is 19.1 Å². The molecule has 1 amide bonds. The Hall–Kier alpha value is -1.23. The van der Waals surface area contributed by atoms with Crippen LogP contribution < -0.4 is 4.74 Å². The van der Waals surface area contributed by atoms with Gasteiger partial charge in [0.15, 0.2) is 0 Å². The molecule has 0 spiro atoms. The van der Waals surface area contributed by atoms with Gasteiger partial charge in [-0.15, -0.1) is 34.5 Å². The van der Waals surface area contributed by atoms with Gasteiger partial charge in [-0.05, 0) is 30.9 Å². The van der Waals surface area contributed by atoms with E-state index in [0.717, 1.165) is 16.2 Å². The average molecular weight is 384 g/mol. The molecular weight excluding hydrogens is 365 g/mol. The lowest BCUT2D eigenvalue weighted by Gasteiger charge is -2.27. The fourth-order valence-corrected chi connectivity index (χ4v) is 4.23. The topological polar surface area (TPSA) is 29.5 Å². The van der Waals surface area contributed by atoms with Gasteiger partial charge in [0, 0.05) is 17.0 Å². The molecule has 1 heterocycles. The zero-order valence-electron chi connectivity index (χ0n) is 13.6. The summed E-state index contributed by atoms with van der Waals surface area (Å²) in [6.07, 6.45) is 0.481. The van der Waals surface area contributed by atoms with Gasteiger partial charge in [0.1, 0.15) is 10.1 Å². The van der Waals surface area contributed by atoms with E-state index < -0.39 is 9.75 Å². The summed E-state index contributed by atoms with van der Waals surface area (Å²) in [6.45, 7) is 2.83. The van der Waals surface area contributed by atoms with Crippen molar-refractivity contribution in [1.29, 1.82) is 0 Å². The SMILES string of the molecule is COc1ccccc1CN(Cc1cccs1)C(=O)C1(C)CC1(Cl)Cl. The fourth-order valence-electron chi connectivity index (χ4n) is 2.81. The molecule has 128 valence electrons. The van der Waals surface area contributed by atoms with Gasteiger partial charge in [-0.3, -0.25) is 4.79 Å². The molecule has 0 saturated heterocycles.